The number of aryl methyl sites for hydroxylation is 1. The summed E-state index contributed by atoms with van der Waals surface area (Å²) in [6, 6.07) is 5.79. The second-order valence-corrected chi connectivity index (χ2v) is 3.40. The van der Waals surface area contributed by atoms with Crippen LogP contribution in [0, 0.1) is 6.92 Å². The van der Waals surface area contributed by atoms with Crippen molar-refractivity contribution >= 4 is 0 Å². The largest absolute Gasteiger partial charge is 0.497 e. The highest BCUT2D eigenvalue weighted by Crippen LogP contribution is 2.24. The van der Waals surface area contributed by atoms with Crippen LogP contribution in [0.4, 0.5) is 0 Å². The van der Waals surface area contributed by atoms with Gasteiger partial charge in [-0.25, -0.2) is 0 Å². The van der Waals surface area contributed by atoms with E-state index in [-0.39, 0.29) is 0 Å². The van der Waals surface area contributed by atoms with Crippen LogP contribution >= 0.6 is 0 Å². The Balaban J connectivity index is 0.000000606. The van der Waals surface area contributed by atoms with E-state index in [1.54, 1.807) is 7.11 Å². The smallest absolute Gasteiger partial charge is 0.122 e. The van der Waals surface area contributed by atoms with Crippen LogP contribution < -0.4 is 9.47 Å². The highest BCUT2D eigenvalue weighted by molar-refractivity contribution is 5.39. The predicted octanol–water partition coefficient (Wildman–Crippen LogP) is 2.81. The van der Waals surface area contributed by atoms with Crippen molar-refractivity contribution in [3.05, 3.63) is 23.8 Å². The maximum absolute atomic E-state index is 5.58. The Morgan fingerprint density at radius 1 is 1.38 bits per heavy atom. The lowest BCUT2D eigenvalue weighted by Gasteiger charge is -2.08. The molecule has 16 heavy (non-hydrogen) atoms. The van der Waals surface area contributed by atoms with Gasteiger partial charge in [-0.05, 0) is 30.7 Å². The maximum Gasteiger partial charge on any atom is 0.122 e. The molecule has 0 spiro atoms. The van der Waals surface area contributed by atoms with Crippen LogP contribution in [-0.2, 0) is 4.74 Å². The van der Waals surface area contributed by atoms with E-state index in [4.69, 9.17) is 14.2 Å². The Hall–Kier alpha value is -1.22. The minimum Gasteiger partial charge on any atom is -0.497 e. The third-order valence-electron chi connectivity index (χ3n) is 2.21. The summed E-state index contributed by atoms with van der Waals surface area (Å²) in [6.07, 6.45) is 0.302. The topological polar surface area (TPSA) is 31.0 Å². The van der Waals surface area contributed by atoms with Gasteiger partial charge in [-0.2, -0.15) is 0 Å². The van der Waals surface area contributed by atoms with Crippen molar-refractivity contribution in [2.45, 2.75) is 26.9 Å². The summed E-state index contributed by atoms with van der Waals surface area (Å²) in [5.41, 5.74) is 1.09. The molecule has 1 fully saturated rings. The predicted molar refractivity (Wildman–Crippen MR) is 64.3 cm³/mol. The van der Waals surface area contributed by atoms with Crippen molar-refractivity contribution in [2.24, 2.45) is 0 Å². The lowest BCUT2D eigenvalue weighted by molar-refractivity contribution is 0.261. The monoisotopic (exact) mass is 224 g/mol. The maximum atomic E-state index is 5.58. The molecule has 1 aromatic rings. The van der Waals surface area contributed by atoms with Gasteiger partial charge in [0, 0.05) is 0 Å². The van der Waals surface area contributed by atoms with E-state index in [0.717, 1.165) is 23.7 Å². The SMILES string of the molecule is CC.COc1ccc(OCC2CO2)c(C)c1. The molecule has 3 nitrogen and oxygen atoms in total. The fourth-order valence-corrected chi connectivity index (χ4v) is 1.26. The first-order chi connectivity index (χ1) is 7.79. The average Bonchev–Trinajstić information content (AvgIpc) is 3.14. The van der Waals surface area contributed by atoms with Gasteiger partial charge in [0.25, 0.3) is 0 Å². The molecule has 1 heterocycles. The first kappa shape index (κ1) is 12.8. The number of epoxide rings is 1. The molecule has 1 atom stereocenters. The molecule has 0 amide bonds. The Labute approximate surface area is 97.3 Å². The Bertz CT molecular complexity index is 319. The van der Waals surface area contributed by atoms with Crippen LogP contribution in [0.25, 0.3) is 0 Å². The molecule has 0 saturated carbocycles. The number of methoxy groups -OCH3 is 1. The third kappa shape index (κ3) is 3.74. The molecule has 90 valence electrons. The molecule has 2 rings (SSSR count). The molecule has 1 aliphatic rings. The number of benzene rings is 1. The van der Waals surface area contributed by atoms with Crippen LogP contribution in [0.5, 0.6) is 11.5 Å². The van der Waals surface area contributed by atoms with E-state index < -0.39 is 0 Å². The zero-order valence-electron chi connectivity index (χ0n) is 10.4. The van der Waals surface area contributed by atoms with Crippen molar-refractivity contribution in [3.8, 4) is 11.5 Å². The molecule has 1 unspecified atom stereocenters. The van der Waals surface area contributed by atoms with Crippen LogP contribution in [-0.4, -0.2) is 26.4 Å². The summed E-state index contributed by atoms with van der Waals surface area (Å²) in [5.74, 6) is 1.76. The summed E-state index contributed by atoms with van der Waals surface area (Å²) >= 11 is 0. The Kier molecular flexibility index (Phi) is 5.12. The normalized spacial score (nSPS) is 17.1. The molecule has 0 N–H and O–H groups in total. The summed E-state index contributed by atoms with van der Waals surface area (Å²) in [7, 11) is 1.66. The summed E-state index contributed by atoms with van der Waals surface area (Å²) in [4.78, 5) is 0. The van der Waals surface area contributed by atoms with Gasteiger partial charge in [0.15, 0.2) is 0 Å². The van der Waals surface area contributed by atoms with Gasteiger partial charge in [0.2, 0.25) is 0 Å². The van der Waals surface area contributed by atoms with Crippen molar-refractivity contribution in [1.29, 1.82) is 0 Å². The van der Waals surface area contributed by atoms with E-state index in [1.165, 1.54) is 0 Å². The minimum atomic E-state index is 0.302. The zero-order chi connectivity index (χ0) is 12.0. The van der Waals surface area contributed by atoms with Gasteiger partial charge < -0.3 is 14.2 Å². The van der Waals surface area contributed by atoms with Crippen LogP contribution in [0.3, 0.4) is 0 Å². The van der Waals surface area contributed by atoms with E-state index in [2.05, 4.69) is 0 Å². The van der Waals surface area contributed by atoms with Crippen LogP contribution in [0.2, 0.25) is 0 Å². The van der Waals surface area contributed by atoms with Gasteiger partial charge in [-0.1, -0.05) is 13.8 Å². The quantitative estimate of drug-likeness (QED) is 0.737. The zero-order valence-corrected chi connectivity index (χ0v) is 10.4. The fourth-order valence-electron chi connectivity index (χ4n) is 1.26. The minimum absolute atomic E-state index is 0.302. The molecule has 0 aromatic heterocycles. The molecule has 1 aromatic carbocycles. The first-order valence-corrected chi connectivity index (χ1v) is 5.68. The Morgan fingerprint density at radius 2 is 2.06 bits per heavy atom. The summed E-state index contributed by atoms with van der Waals surface area (Å²) < 4.78 is 15.8. The average molecular weight is 224 g/mol. The molecule has 1 aliphatic heterocycles. The highest BCUT2D eigenvalue weighted by atomic mass is 16.6. The lowest BCUT2D eigenvalue weighted by atomic mass is 10.2. The molecular weight excluding hydrogens is 204 g/mol. The van der Waals surface area contributed by atoms with Gasteiger partial charge in [0.1, 0.15) is 24.2 Å². The van der Waals surface area contributed by atoms with Crippen molar-refractivity contribution in [3.63, 3.8) is 0 Å². The number of hydrogen-bond donors (Lipinski definition) is 0. The van der Waals surface area contributed by atoms with Crippen LogP contribution in [0.1, 0.15) is 19.4 Å². The lowest BCUT2D eigenvalue weighted by Crippen LogP contribution is -2.04. The van der Waals surface area contributed by atoms with E-state index in [0.29, 0.717) is 12.7 Å². The second-order valence-electron chi connectivity index (χ2n) is 3.40. The van der Waals surface area contributed by atoms with Crippen molar-refractivity contribution in [1.82, 2.24) is 0 Å². The van der Waals surface area contributed by atoms with Gasteiger partial charge in [0.05, 0.1) is 13.7 Å². The summed E-state index contributed by atoms with van der Waals surface area (Å²) in [5, 5.41) is 0. The number of hydrogen-bond acceptors (Lipinski definition) is 3. The molecule has 0 bridgehead atoms. The third-order valence-corrected chi connectivity index (χ3v) is 2.21. The number of rotatable bonds is 4. The van der Waals surface area contributed by atoms with E-state index in [1.807, 2.05) is 39.0 Å². The molecule has 0 radical (unpaired) electrons. The molecule has 0 aliphatic carbocycles. The standard InChI is InChI=1S/C11H14O3.C2H6/c1-8-5-9(12-2)3-4-11(8)14-7-10-6-13-10;1-2/h3-5,10H,6-7H2,1-2H3;1-2H3. The second kappa shape index (κ2) is 6.38. The van der Waals surface area contributed by atoms with Gasteiger partial charge >= 0.3 is 0 Å². The molecule has 1 saturated heterocycles. The first-order valence-electron chi connectivity index (χ1n) is 5.68. The number of ether oxygens (including phenoxy) is 3. The van der Waals surface area contributed by atoms with Crippen molar-refractivity contribution in [2.75, 3.05) is 20.3 Å². The highest BCUT2D eigenvalue weighted by Gasteiger charge is 2.23. The summed E-state index contributed by atoms with van der Waals surface area (Å²) in [6.45, 7) is 7.48. The van der Waals surface area contributed by atoms with Crippen LogP contribution in [0.15, 0.2) is 18.2 Å². The van der Waals surface area contributed by atoms with E-state index in [9.17, 15) is 0 Å². The Morgan fingerprint density at radius 3 is 2.56 bits per heavy atom. The molecular formula is C13H20O3. The van der Waals surface area contributed by atoms with E-state index >= 15 is 0 Å². The molecule has 3 heteroatoms. The van der Waals surface area contributed by atoms with Gasteiger partial charge in [-0.15, -0.1) is 0 Å². The fraction of sp³-hybridized carbons (Fsp3) is 0.538. The van der Waals surface area contributed by atoms with Gasteiger partial charge in [-0.3, -0.25) is 0 Å². The van der Waals surface area contributed by atoms with Crippen molar-refractivity contribution < 1.29 is 14.2 Å².